The lowest BCUT2D eigenvalue weighted by molar-refractivity contribution is -0.165. The molecule has 0 spiro atoms. The summed E-state index contributed by atoms with van der Waals surface area (Å²) in [6.07, 6.45) is 1.06. The van der Waals surface area contributed by atoms with Gasteiger partial charge in [-0.2, -0.15) is 0 Å². The van der Waals surface area contributed by atoms with E-state index in [-0.39, 0.29) is 17.9 Å². The van der Waals surface area contributed by atoms with Crippen molar-refractivity contribution in [2.24, 2.45) is 17.8 Å². The van der Waals surface area contributed by atoms with Crippen LogP contribution in [0.1, 0.15) is 53.5 Å². The maximum absolute atomic E-state index is 16.1. The van der Waals surface area contributed by atoms with Crippen LogP contribution in [0.25, 0.3) is 0 Å². The third kappa shape index (κ3) is 3.66. The maximum Gasteiger partial charge on any atom is 0.324 e. The summed E-state index contributed by atoms with van der Waals surface area (Å²) in [7, 11) is 0. The van der Waals surface area contributed by atoms with Crippen LogP contribution < -0.4 is 0 Å². The highest BCUT2D eigenvalue weighted by molar-refractivity contribution is 5.76. The maximum atomic E-state index is 16.1. The molecule has 1 unspecified atom stereocenters. The number of rotatable bonds is 5. The zero-order valence-electron chi connectivity index (χ0n) is 16.8. The molecule has 2 aliphatic rings. The van der Waals surface area contributed by atoms with E-state index in [0.717, 1.165) is 13.0 Å². The molecule has 144 valence electrons. The Labute approximate surface area is 156 Å². The van der Waals surface area contributed by atoms with Crippen molar-refractivity contribution in [1.29, 1.82) is 0 Å². The molecular formula is C22H32FNO2. The van der Waals surface area contributed by atoms with Crippen molar-refractivity contribution < 1.29 is 13.9 Å². The first-order valence-corrected chi connectivity index (χ1v) is 9.75. The molecule has 1 aliphatic heterocycles. The first kappa shape index (κ1) is 19.3. The highest BCUT2D eigenvalue weighted by Gasteiger charge is 2.62. The van der Waals surface area contributed by atoms with Crippen LogP contribution in [0.15, 0.2) is 30.3 Å². The quantitative estimate of drug-likeness (QED) is 0.720. The Bertz CT molecular complexity index is 650. The van der Waals surface area contributed by atoms with Crippen LogP contribution >= 0.6 is 0 Å². The smallest absolute Gasteiger partial charge is 0.324 e. The molecule has 1 aromatic rings. The van der Waals surface area contributed by atoms with Gasteiger partial charge >= 0.3 is 5.97 Å². The van der Waals surface area contributed by atoms with Crippen LogP contribution in [-0.4, -0.2) is 35.1 Å². The monoisotopic (exact) mass is 361 g/mol. The second kappa shape index (κ2) is 6.63. The summed E-state index contributed by atoms with van der Waals surface area (Å²) in [5.74, 6) is 0.662. The highest BCUT2D eigenvalue weighted by Crippen LogP contribution is 2.56. The molecule has 0 radical (unpaired) electrons. The summed E-state index contributed by atoms with van der Waals surface area (Å²) in [4.78, 5) is 15.0. The molecular weight excluding hydrogens is 329 g/mol. The van der Waals surface area contributed by atoms with Crippen molar-refractivity contribution in [2.75, 3.05) is 6.54 Å². The summed E-state index contributed by atoms with van der Waals surface area (Å²) in [5.41, 5.74) is -1.35. The van der Waals surface area contributed by atoms with Crippen molar-refractivity contribution in [3.05, 3.63) is 35.9 Å². The third-order valence-electron chi connectivity index (χ3n) is 5.72. The SMILES string of the molecule is CC(C)[C@@H](C(=O)OC(C)(C)C)N1C[C@@H]2C[C@@H]2[C@@H]1C(C)(F)c1ccccc1. The van der Waals surface area contributed by atoms with E-state index in [1.807, 2.05) is 65.0 Å². The number of benzene rings is 1. The summed E-state index contributed by atoms with van der Waals surface area (Å²) < 4.78 is 21.8. The number of carbonyl (C=O) groups is 1. The van der Waals surface area contributed by atoms with Crippen molar-refractivity contribution in [3.8, 4) is 0 Å². The lowest BCUT2D eigenvalue weighted by Crippen LogP contribution is -2.55. The second-order valence-corrected chi connectivity index (χ2v) is 9.47. The standard InChI is InChI=1S/C22H32FNO2/c1-14(2)18(20(25)26-21(3,4)5)24-13-15-12-17(15)19(24)22(6,23)16-10-8-7-9-11-16/h7-11,14-15,17-19H,12-13H2,1-6H3/t15-,17-,18-,19+,22?/m0/s1. The lowest BCUT2D eigenvalue weighted by Gasteiger charge is -2.42. The molecule has 0 bridgehead atoms. The van der Waals surface area contributed by atoms with E-state index in [2.05, 4.69) is 4.90 Å². The molecule has 1 saturated heterocycles. The average Bonchev–Trinajstić information content (AvgIpc) is 3.16. The molecule has 0 N–H and O–H groups in total. The van der Waals surface area contributed by atoms with Crippen LogP contribution in [0.5, 0.6) is 0 Å². The van der Waals surface area contributed by atoms with Crippen LogP contribution in [0, 0.1) is 17.8 Å². The van der Waals surface area contributed by atoms with E-state index in [0.29, 0.717) is 17.4 Å². The number of piperidine rings is 1. The van der Waals surface area contributed by atoms with Gasteiger partial charge in [0.25, 0.3) is 0 Å². The van der Waals surface area contributed by atoms with E-state index in [9.17, 15) is 4.79 Å². The zero-order valence-corrected chi connectivity index (χ0v) is 16.8. The Morgan fingerprint density at radius 2 is 1.81 bits per heavy atom. The number of nitrogens with zero attached hydrogens (tertiary/aromatic N) is 1. The second-order valence-electron chi connectivity index (χ2n) is 9.47. The molecule has 5 atom stereocenters. The fraction of sp³-hybridized carbons (Fsp3) is 0.682. The fourth-order valence-electron chi connectivity index (χ4n) is 4.59. The van der Waals surface area contributed by atoms with Gasteiger partial charge in [0.15, 0.2) is 0 Å². The molecule has 1 saturated carbocycles. The average molecular weight is 362 g/mol. The number of esters is 1. The van der Waals surface area contributed by atoms with Gasteiger partial charge in [0, 0.05) is 6.54 Å². The van der Waals surface area contributed by atoms with Gasteiger partial charge in [-0.25, -0.2) is 4.39 Å². The van der Waals surface area contributed by atoms with Crippen molar-refractivity contribution in [3.63, 3.8) is 0 Å². The predicted molar refractivity (Wildman–Crippen MR) is 101 cm³/mol. The minimum Gasteiger partial charge on any atom is -0.459 e. The Morgan fingerprint density at radius 3 is 2.35 bits per heavy atom. The van der Waals surface area contributed by atoms with Crippen LogP contribution in [0.2, 0.25) is 0 Å². The number of carbonyl (C=O) groups excluding carboxylic acids is 1. The zero-order chi connectivity index (χ0) is 19.3. The van der Waals surface area contributed by atoms with E-state index >= 15 is 4.39 Å². The Hall–Kier alpha value is -1.42. The van der Waals surface area contributed by atoms with Gasteiger partial charge in [0.05, 0.1) is 6.04 Å². The van der Waals surface area contributed by atoms with E-state index in [1.54, 1.807) is 6.92 Å². The van der Waals surface area contributed by atoms with Gasteiger partial charge in [-0.3, -0.25) is 9.69 Å². The number of hydrogen-bond acceptors (Lipinski definition) is 3. The molecule has 0 amide bonds. The van der Waals surface area contributed by atoms with Crippen molar-refractivity contribution >= 4 is 5.97 Å². The van der Waals surface area contributed by atoms with Crippen LogP contribution in [0.4, 0.5) is 4.39 Å². The van der Waals surface area contributed by atoms with Gasteiger partial charge in [-0.1, -0.05) is 44.2 Å². The topological polar surface area (TPSA) is 29.5 Å². The molecule has 3 rings (SSSR count). The fourth-order valence-corrected chi connectivity index (χ4v) is 4.59. The van der Waals surface area contributed by atoms with Gasteiger partial charge in [-0.15, -0.1) is 0 Å². The Balaban J connectivity index is 1.91. The summed E-state index contributed by atoms with van der Waals surface area (Å²) in [5, 5.41) is 0. The third-order valence-corrected chi connectivity index (χ3v) is 5.72. The lowest BCUT2D eigenvalue weighted by atomic mass is 9.85. The number of ether oxygens (including phenoxy) is 1. The van der Waals surface area contributed by atoms with Crippen molar-refractivity contribution in [2.45, 2.75) is 71.3 Å². The predicted octanol–water partition coefficient (Wildman–Crippen LogP) is 4.56. The minimum atomic E-state index is -1.49. The number of alkyl halides is 1. The minimum absolute atomic E-state index is 0.0661. The van der Waals surface area contributed by atoms with Gasteiger partial charge in [-0.05, 0) is 57.4 Å². The number of likely N-dealkylation sites (tertiary alicyclic amines) is 1. The molecule has 2 fully saturated rings. The number of fused-ring (bicyclic) bond motifs is 1. The first-order chi connectivity index (χ1) is 12.0. The van der Waals surface area contributed by atoms with E-state index < -0.39 is 17.3 Å². The van der Waals surface area contributed by atoms with Gasteiger partial charge < -0.3 is 4.74 Å². The molecule has 1 heterocycles. The highest BCUT2D eigenvalue weighted by atomic mass is 19.1. The molecule has 1 aromatic carbocycles. The molecule has 4 heteroatoms. The first-order valence-electron chi connectivity index (χ1n) is 9.75. The molecule has 0 aromatic heterocycles. The number of halogens is 1. The Kier molecular flexibility index (Phi) is 4.93. The van der Waals surface area contributed by atoms with Gasteiger partial charge in [0.2, 0.25) is 0 Å². The van der Waals surface area contributed by atoms with Gasteiger partial charge in [0.1, 0.15) is 17.3 Å². The summed E-state index contributed by atoms with van der Waals surface area (Å²) in [6.45, 7) is 12.1. The molecule has 1 aliphatic carbocycles. The largest absolute Gasteiger partial charge is 0.459 e. The summed E-state index contributed by atoms with van der Waals surface area (Å²) >= 11 is 0. The normalized spacial score (nSPS) is 29.2. The van der Waals surface area contributed by atoms with E-state index in [4.69, 9.17) is 4.74 Å². The van der Waals surface area contributed by atoms with E-state index in [1.165, 1.54) is 0 Å². The molecule has 26 heavy (non-hydrogen) atoms. The molecule has 3 nitrogen and oxygen atoms in total. The number of hydrogen-bond donors (Lipinski definition) is 0. The Morgan fingerprint density at radius 1 is 1.19 bits per heavy atom. The van der Waals surface area contributed by atoms with Crippen molar-refractivity contribution in [1.82, 2.24) is 4.90 Å². The van der Waals surface area contributed by atoms with Crippen LogP contribution in [0.3, 0.4) is 0 Å². The summed E-state index contributed by atoms with van der Waals surface area (Å²) in [6, 6.07) is 8.68. The van der Waals surface area contributed by atoms with Crippen LogP contribution in [-0.2, 0) is 15.2 Å².